The molecule has 0 amide bonds. The maximum atomic E-state index is 9.41. The van der Waals surface area contributed by atoms with E-state index in [1.807, 2.05) is 13.8 Å². The topological polar surface area (TPSA) is 52.5 Å². The minimum Gasteiger partial charge on any atom is -0.392 e. The van der Waals surface area contributed by atoms with Crippen molar-refractivity contribution in [2.24, 2.45) is 5.41 Å². The lowest BCUT2D eigenvalue weighted by Gasteiger charge is -2.49. The molecule has 3 N–H and O–H groups in total. The molecule has 0 aromatic carbocycles. The molecular weight excluding hydrogens is 154 g/mol. The molecule has 1 fully saturated rings. The molecule has 1 aliphatic carbocycles. The van der Waals surface area contributed by atoms with E-state index in [-0.39, 0.29) is 17.6 Å². The summed E-state index contributed by atoms with van der Waals surface area (Å²) < 4.78 is 0. The number of aliphatic hydroxyl groups is 2. The highest BCUT2D eigenvalue weighted by Gasteiger charge is 2.46. The van der Waals surface area contributed by atoms with Crippen LogP contribution in [0.2, 0.25) is 0 Å². The molecule has 2 unspecified atom stereocenters. The zero-order valence-corrected chi connectivity index (χ0v) is 8.04. The minimum absolute atomic E-state index is 0.0328. The maximum Gasteiger partial charge on any atom is 0.0636 e. The van der Waals surface area contributed by atoms with Gasteiger partial charge in [-0.05, 0) is 13.3 Å². The number of hydrogen-bond acceptors (Lipinski definition) is 3. The van der Waals surface area contributed by atoms with Gasteiger partial charge in [0.1, 0.15) is 0 Å². The highest BCUT2D eigenvalue weighted by atomic mass is 16.3. The second-order valence-corrected chi connectivity index (χ2v) is 4.38. The van der Waals surface area contributed by atoms with Gasteiger partial charge in [-0.15, -0.1) is 0 Å². The first-order chi connectivity index (χ1) is 5.44. The molecule has 72 valence electrons. The number of nitrogens with one attached hydrogen (secondary N) is 1. The van der Waals surface area contributed by atoms with Gasteiger partial charge < -0.3 is 15.5 Å². The van der Waals surface area contributed by atoms with Crippen molar-refractivity contribution in [3.63, 3.8) is 0 Å². The number of rotatable bonds is 3. The second-order valence-electron chi connectivity index (χ2n) is 4.38. The first-order valence-electron chi connectivity index (χ1n) is 4.54. The van der Waals surface area contributed by atoms with Gasteiger partial charge >= 0.3 is 0 Å². The van der Waals surface area contributed by atoms with E-state index in [1.54, 1.807) is 6.92 Å². The Kier molecular flexibility index (Phi) is 2.76. The normalized spacial score (nSPS) is 35.8. The van der Waals surface area contributed by atoms with Crippen LogP contribution in [0.4, 0.5) is 0 Å². The Balaban J connectivity index is 2.28. The SMILES string of the molecule is C[C@@H](O)CNC1CC(O)C1(C)C. The molecule has 0 saturated heterocycles. The van der Waals surface area contributed by atoms with Crippen molar-refractivity contribution in [3.05, 3.63) is 0 Å². The summed E-state index contributed by atoms with van der Waals surface area (Å²) in [7, 11) is 0. The lowest BCUT2D eigenvalue weighted by atomic mass is 9.64. The Labute approximate surface area is 73.8 Å². The fraction of sp³-hybridized carbons (Fsp3) is 1.00. The second kappa shape index (κ2) is 3.32. The van der Waals surface area contributed by atoms with Crippen molar-refractivity contribution in [2.75, 3.05) is 6.54 Å². The molecule has 1 aliphatic rings. The van der Waals surface area contributed by atoms with E-state index in [2.05, 4.69) is 5.32 Å². The Bertz CT molecular complexity index is 157. The fourth-order valence-electron chi connectivity index (χ4n) is 1.56. The number of hydrogen-bond donors (Lipinski definition) is 3. The summed E-state index contributed by atoms with van der Waals surface area (Å²) in [4.78, 5) is 0. The Morgan fingerprint density at radius 1 is 1.58 bits per heavy atom. The molecular formula is C9H19NO2. The van der Waals surface area contributed by atoms with Crippen molar-refractivity contribution in [1.82, 2.24) is 5.32 Å². The maximum absolute atomic E-state index is 9.41. The predicted molar refractivity (Wildman–Crippen MR) is 47.9 cm³/mol. The average molecular weight is 173 g/mol. The summed E-state index contributed by atoms with van der Waals surface area (Å²) in [5.41, 5.74) is -0.0328. The van der Waals surface area contributed by atoms with Gasteiger partial charge in [0.2, 0.25) is 0 Å². The lowest BCUT2D eigenvalue weighted by Crippen LogP contribution is -2.60. The van der Waals surface area contributed by atoms with E-state index < -0.39 is 0 Å². The summed E-state index contributed by atoms with van der Waals surface area (Å²) in [5.74, 6) is 0. The molecule has 0 aromatic heterocycles. The third-order valence-corrected chi connectivity index (χ3v) is 2.88. The van der Waals surface area contributed by atoms with Crippen LogP contribution < -0.4 is 5.32 Å². The fourth-order valence-corrected chi connectivity index (χ4v) is 1.56. The molecule has 0 bridgehead atoms. The van der Waals surface area contributed by atoms with Crippen molar-refractivity contribution in [1.29, 1.82) is 0 Å². The summed E-state index contributed by atoms with van der Waals surface area (Å²) in [5, 5.41) is 21.7. The molecule has 0 aliphatic heterocycles. The monoisotopic (exact) mass is 173 g/mol. The molecule has 0 aromatic rings. The van der Waals surface area contributed by atoms with E-state index in [1.165, 1.54) is 0 Å². The summed E-state index contributed by atoms with van der Waals surface area (Å²) in [6.07, 6.45) is 0.308. The quantitative estimate of drug-likeness (QED) is 0.568. The molecule has 12 heavy (non-hydrogen) atoms. The van der Waals surface area contributed by atoms with E-state index in [4.69, 9.17) is 5.11 Å². The molecule has 0 radical (unpaired) electrons. The largest absolute Gasteiger partial charge is 0.392 e. The average Bonchev–Trinajstić information content (AvgIpc) is 1.97. The Morgan fingerprint density at radius 2 is 2.17 bits per heavy atom. The third kappa shape index (κ3) is 1.79. The van der Waals surface area contributed by atoms with E-state index >= 15 is 0 Å². The van der Waals surface area contributed by atoms with Crippen molar-refractivity contribution in [3.8, 4) is 0 Å². The van der Waals surface area contributed by atoms with E-state index in [0.717, 1.165) is 6.42 Å². The van der Waals surface area contributed by atoms with Gasteiger partial charge in [0.05, 0.1) is 12.2 Å². The first kappa shape index (κ1) is 9.96. The van der Waals surface area contributed by atoms with Gasteiger partial charge in [0.25, 0.3) is 0 Å². The zero-order chi connectivity index (χ0) is 9.35. The van der Waals surface area contributed by atoms with Crippen LogP contribution in [0.1, 0.15) is 27.2 Å². The van der Waals surface area contributed by atoms with Crippen molar-refractivity contribution < 1.29 is 10.2 Å². The van der Waals surface area contributed by atoms with Crippen molar-refractivity contribution in [2.45, 2.75) is 45.4 Å². The molecule has 1 saturated carbocycles. The molecule has 0 heterocycles. The highest BCUT2D eigenvalue weighted by molar-refractivity contribution is 5.01. The van der Waals surface area contributed by atoms with Crippen LogP contribution in [-0.2, 0) is 0 Å². The van der Waals surface area contributed by atoms with Gasteiger partial charge in [0, 0.05) is 18.0 Å². The van der Waals surface area contributed by atoms with Crippen LogP contribution in [0.25, 0.3) is 0 Å². The molecule has 3 atom stereocenters. The van der Waals surface area contributed by atoms with Crippen LogP contribution >= 0.6 is 0 Å². The van der Waals surface area contributed by atoms with Gasteiger partial charge in [-0.1, -0.05) is 13.8 Å². The van der Waals surface area contributed by atoms with Gasteiger partial charge in [0.15, 0.2) is 0 Å². The van der Waals surface area contributed by atoms with Crippen LogP contribution in [0.15, 0.2) is 0 Å². The molecule has 3 heteroatoms. The standard InChI is InChI=1S/C9H19NO2/c1-6(11)5-10-7-4-8(12)9(7,2)3/h6-8,10-12H,4-5H2,1-3H3/t6-,7?,8?/m1/s1. The van der Waals surface area contributed by atoms with Crippen LogP contribution in [0.5, 0.6) is 0 Å². The smallest absolute Gasteiger partial charge is 0.0636 e. The number of aliphatic hydroxyl groups excluding tert-OH is 2. The minimum atomic E-state index is -0.307. The summed E-state index contributed by atoms with van der Waals surface area (Å²) in [6.45, 7) is 6.46. The van der Waals surface area contributed by atoms with Gasteiger partial charge in [-0.3, -0.25) is 0 Å². The highest BCUT2D eigenvalue weighted by Crippen LogP contribution is 2.40. The van der Waals surface area contributed by atoms with Crippen LogP contribution in [0.3, 0.4) is 0 Å². The van der Waals surface area contributed by atoms with Gasteiger partial charge in [-0.2, -0.15) is 0 Å². The summed E-state index contributed by atoms with van der Waals surface area (Å²) >= 11 is 0. The molecule has 1 rings (SSSR count). The Morgan fingerprint density at radius 3 is 2.50 bits per heavy atom. The van der Waals surface area contributed by atoms with Crippen molar-refractivity contribution >= 4 is 0 Å². The van der Waals surface area contributed by atoms with Crippen LogP contribution in [0, 0.1) is 5.41 Å². The van der Waals surface area contributed by atoms with E-state index in [9.17, 15) is 5.11 Å². The Hall–Kier alpha value is -0.120. The first-order valence-corrected chi connectivity index (χ1v) is 4.54. The summed E-state index contributed by atoms with van der Waals surface area (Å²) in [6, 6.07) is 0.349. The predicted octanol–water partition coefficient (Wildman–Crippen LogP) is 0.116. The van der Waals surface area contributed by atoms with E-state index in [0.29, 0.717) is 12.6 Å². The molecule has 3 nitrogen and oxygen atoms in total. The third-order valence-electron chi connectivity index (χ3n) is 2.88. The van der Waals surface area contributed by atoms with Crippen LogP contribution in [-0.4, -0.2) is 35.0 Å². The van der Waals surface area contributed by atoms with Gasteiger partial charge in [-0.25, -0.2) is 0 Å². The lowest BCUT2D eigenvalue weighted by molar-refractivity contribution is -0.0744. The zero-order valence-electron chi connectivity index (χ0n) is 8.04. The molecule has 0 spiro atoms.